The zero-order valence-electron chi connectivity index (χ0n) is 33.9. The van der Waals surface area contributed by atoms with E-state index < -0.39 is 18.3 Å². The van der Waals surface area contributed by atoms with Crippen molar-refractivity contribution < 1.29 is 47.8 Å². The maximum atomic E-state index is 12.7. The van der Waals surface area contributed by atoms with Gasteiger partial charge in [0.05, 0.1) is 86.8 Å². The molecule has 1 amide bonds. The molecule has 6 aromatic rings. The number of amides is 1. The molecule has 3 atom stereocenters. The van der Waals surface area contributed by atoms with Crippen molar-refractivity contribution in [2.24, 2.45) is 0 Å². The summed E-state index contributed by atoms with van der Waals surface area (Å²) in [4.78, 5) is 14.1. The Hall–Kier alpha value is -6.01. The minimum atomic E-state index is -1.06. The van der Waals surface area contributed by atoms with Crippen LogP contribution in [0.2, 0.25) is 0 Å². The molecule has 1 saturated heterocycles. The first-order valence-electron chi connectivity index (χ1n) is 19.7. The molecule has 0 aromatic heterocycles. The number of hydrogen-bond donors (Lipinski definition) is 1. The molecule has 1 N–H and O–H groups in total. The third kappa shape index (κ3) is 9.49. The summed E-state index contributed by atoms with van der Waals surface area (Å²) < 4.78 is 48.9. The van der Waals surface area contributed by atoms with Gasteiger partial charge < -0.3 is 47.9 Å². The molecule has 1 aliphatic rings. The second-order valence-corrected chi connectivity index (χ2v) is 14.4. The lowest BCUT2D eigenvalue weighted by atomic mass is 9.84. The van der Waals surface area contributed by atoms with E-state index in [1.807, 2.05) is 115 Å². The van der Waals surface area contributed by atoms with Gasteiger partial charge in [0.2, 0.25) is 0 Å². The van der Waals surface area contributed by atoms with Crippen LogP contribution in [0.3, 0.4) is 0 Å². The predicted octanol–water partition coefficient (Wildman–Crippen LogP) is 9.26. The third-order valence-corrected chi connectivity index (χ3v) is 10.8. The molecule has 11 heteroatoms. The van der Waals surface area contributed by atoms with Crippen molar-refractivity contribution in [2.45, 2.75) is 44.4 Å². The fraction of sp³-hybridized carbons (Fsp3) is 0.312. The molecule has 1 fully saturated rings. The van der Waals surface area contributed by atoms with E-state index in [4.69, 9.17) is 37.9 Å². The second kappa shape index (κ2) is 19.6. The summed E-state index contributed by atoms with van der Waals surface area (Å²) in [6.45, 7) is 2.16. The number of piperidine rings is 1. The van der Waals surface area contributed by atoms with Crippen molar-refractivity contribution in [1.29, 1.82) is 0 Å². The van der Waals surface area contributed by atoms with Crippen LogP contribution < -0.4 is 23.7 Å². The summed E-state index contributed by atoms with van der Waals surface area (Å²) in [6, 6.07) is 37.6. The quantitative estimate of drug-likeness (QED) is 0.0844. The maximum absolute atomic E-state index is 12.7. The third-order valence-electron chi connectivity index (χ3n) is 10.8. The number of fused-ring (bicyclic) bond motifs is 2. The molecule has 308 valence electrons. The molecule has 0 spiro atoms. The number of benzene rings is 6. The highest BCUT2D eigenvalue weighted by Gasteiger charge is 2.41. The van der Waals surface area contributed by atoms with Gasteiger partial charge in [0.1, 0.15) is 28.7 Å². The Morgan fingerprint density at radius 1 is 0.610 bits per heavy atom. The van der Waals surface area contributed by atoms with Gasteiger partial charge >= 0.3 is 6.09 Å². The molecule has 6 aromatic carbocycles. The first-order chi connectivity index (χ1) is 28.9. The number of hydrogen-bond acceptors (Lipinski definition) is 9. The average Bonchev–Trinajstić information content (AvgIpc) is 3.28. The normalized spacial score (nSPS) is 16.5. The molecular formula is C48H51NO10. The monoisotopic (exact) mass is 801 g/mol. The summed E-state index contributed by atoms with van der Waals surface area (Å²) >= 11 is 0. The zero-order valence-corrected chi connectivity index (χ0v) is 33.9. The Kier molecular flexibility index (Phi) is 13.7. The Bertz CT molecular complexity index is 2210. The van der Waals surface area contributed by atoms with Gasteiger partial charge in [-0.1, -0.05) is 91.0 Å². The van der Waals surface area contributed by atoms with Gasteiger partial charge in [-0.25, -0.2) is 4.79 Å². The summed E-state index contributed by atoms with van der Waals surface area (Å²) in [5.74, 6) is 3.06. The van der Waals surface area contributed by atoms with Crippen molar-refractivity contribution in [2.75, 3.05) is 54.7 Å². The minimum Gasteiger partial charge on any atom is -0.496 e. The Labute approximate surface area is 344 Å². The fourth-order valence-electron chi connectivity index (χ4n) is 7.94. The van der Waals surface area contributed by atoms with E-state index in [1.165, 1.54) is 4.90 Å². The van der Waals surface area contributed by atoms with Crippen LogP contribution in [0.4, 0.5) is 4.79 Å². The van der Waals surface area contributed by atoms with E-state index in [-0.39, 0.29) is 32.2 Å². The molecule has 7 rings (SSSR count). The van der Waals surface area contributed by atoms with Crippen LogP contribution in [0.1, 0.15) is 34.6 Å². The lowest BCUT2D eigenvalue weighted by Gasteiger charge is -2.42. The first-order valence-corrected chi connectivity index (χ1v) is 19.7. The highest BCUT2D eigenvalue weighted by molar-refractivity contribution is 5.95. The second-order valence-electron chi connectivity index (χ2n) is 14.4. The first kappa shape index (κ1) is 41.2. The van der Waals surface area contributed by atoms with Gasteiger partial charge in [-0.2, -0.15) is 0 Å². The van der Waals surface area contributed by atoms with Gasteiger partial charge in [0.25, 0.3) is 0 Å². The molecule has 0 radical (unpaired) electrons. The van der Waals surface area contributed by atoms with E-state index in [9.17, 15) is 9.90 Å². The molecule has 1 aliphatic heterocycles. The molecule has 0 bridgehead atoms. The van der Waals surface area contributed by atoms with Crippen molar-refractivity contribution in [3.05, 3.63) is 138 Å². The highest BCUT2D eigenvalue weighted by Crippen LogP contribution is 2.41. The van der Waals surface area contributed by atoms with E-state index >= 15 is 0 Å². The standard InChI is InChI=1S/C48H51NO10/c1-52-41-25-34(46(54-3)39-17-10-8-15-37(39)41)30-58-43-27-49(48(50)51)28-44(59-31-35-26-42(53-2)38-16-9-11-18-40(38)47(35)55-4)45(43)33-19-21-36(22-20-33)57-24-12-23-56-29-32-13-6-5-7-14-32/h5-11,13-22,25-26,43-45H,12,23-24,27-31H2,1-4H3,(H,50,51)/t43-,44+,45-. The number of nitrogens with zero attached hydrogens (tertiary/aromatic N) is 1. The number of ether oxygens (including phenoxy) is 8. The lowest BCUT2D eigenvalue weighted by Crippen LogP contribution is -2.54. The average molecular weight is 802 g/mol. The van der Waals surface area contributed by atoms with Gasteiger partial charge in [-0.15, -0.1) is 0 Å². The topological polar surface area (TPSA) is 114 Å². The van der Waals surface area contributed by atoms with Crippen molar-refractivity contribution in [1.82, 2.24) is 4.90 Å². The number of rotatable bonds is 18. The van der Waals surface area contributed by atoms with Gasteiger partial charge in [0, 0.05) is 45.0 Å². The fourth-order valence-corrected chi connectivity index (χ4v) is 7.94. The van der Waals surface area contributed by atoms with Gasteiger partial charge in [-0.3, -0.25) is 0 Å². The molecule has 1 heterocycles. The minimum absolute atomic E-state index is 0.126. The zero-order chi connectivity index (χ0) is 41.1. The number of likely N-dealkylation sites (tertiary alicyclic amines) is 1. The predicted molar refractivity (Wildman–Crippen MR) is 226 cm³/mol. The van der Waals surface area contributed by atoms with Crippen LogP contribution in [0, 0.1) is 0 Å². The van der Waals surface area contributed by atoms with Crippen LogP contribution in [-0.2, 0) is 34.0 Å². The van der Waals surface area contributed by atoms with Gasteiger partial charge in [-0.05, 0) is 35.4 Å². The number of methoxy groups -OCH3 is 4. The molecule has 59 heavy (non-hydrogen) atoms. The van der Waals surface area contributed by atoms with Crippen LogP contribution in [0.15, 0.2) is 115 Å². The summed E-state index contributed by atoms with van der Waals surface area (Å²) in [5, 5.41) is 14.0. The highest BCUT2D eigenvalue weighted by atomic mass is 16.5. The van der Waals surface area contributed by atoms with Crippen LogP contribution in [-0.4, -0.2) is 83.1 Å². The summed E-state index contributed by atoms with van der Waals surface area (Å²) in [5.41, 5.74) is 3.61. The van der Waals surface area contributed by atoms with Crippen LogP contribution in [0.25, 0.3) is 21.5 Å². The summed E-state index contributed by atoms with van der Waals surface area (Å²) in [7, 11) is 6.54. The molecule has 0 unspecified atom stereocenters. The van der Waals surface area contributed by atoms with Crippen LogP contribution in [0.5, 0.6) is 28.7 Å². The number of carbonyl (C=O) groups is 1. The van der Waals surface area contributed by atoms with E-state index in [0.717, 1.165) is 56.0 Å². The Balaban J connectivity index is 1.15. The van der Waals surface area contributed by atoms with E-state index in [0.29, 0.717) is 42.8 Å². The SMILES string of the molecule is COc1cc(CO[C@H]2CN(C(=O)O)C[C@@H](OCc3cc(OC)c4ccccc4c3OC)[C@H]2c2ccc(OCCCOCc3ccccc3)cc2)c(OC)c2ccccc12. The lowest BCUT2D eigenvalue weighted by molar-refractivity contribution is -0.0940. The van der Waals surface area contributed by atoms with Crippen molar-refractivity contribution >= 4 is 27.6 Å². The molecule has 0 aliphatic carbocycles. The van der Waals surface area contributed by atoms with Crippen molar-refractivity contribution in [3.63, 3.8) is 0 Å². The smallest absolute Gasteiger partial charge is 0.407 e. The molecule has 11 nitrogen and oxygen atoms in total. The number of carboxylic acid groups (broad SMARTS) is 1. The maximum Gasteiger partial charge on any atom is 0.407 e. The Morgan fingerprint density at radius 2 is 1.12 bits per heavy atom. The largest absolute Gasteiger partial charge is 0.496 e. The molecular weight excluding hydrogens is 751 g/mol. The van der Waals surface area contributed by atoms with Gasteiger partial charge in [0.15, 0.2) is 0 Å². The van der Waals surface area contributed by atoms with E-state index in [2.05, 4.69) is 0 Å². The molecule has 0 saturated carbocycles. The van der Waals surface area contributed by atoms with E-state index in [1.54, 1.807) is 28.4 Å². The summed E-state index contributed by atoms with van der Waals surface area (Å²) in [6.07, 6.45) is -1.53. The van der Waals surface area contributed by atoms with Crippen molar-refractivity contribution in [3.8, 4) is 28.7 Å². The van der Waals surface area contributed by atoms with Crippen LogP contribution >= 0.6 is 0 Å². The Morgan fingerprint density at radius 3 is 1.61 bits per heavy atom.